The van der Waals surface area contributed by atoms with Crippen molar-refractivity contribution in [1.29, 1.82) is 0 Å². The summed E-state index contributed by atoms with van der Waals surface area (Å²) in [6.45, 7) is 4.82. The average molecular weight is 428 g/mol. The van der Waals surface area contributed by atoms with Gasteiger partial charge in [-0.2, -0.15) is 0 Å². The summed E-state index contributed by atoms with van der Waals surface area (Å²) in [5, 5.41) is 3.03. The minimum atomic E-state index is -0.0689. The summed E-state index contributed by atoms with van der Waals surface area (Å²) >= 11 is 3.55. The fraction of sp³-hybridized carbons (Fsp3) is 0.364. The van der Waals surface area contributed by atoms with Crippen molar-refractivity contribution in [2.75, 3.05) is 37.2 Å². The molecule has 1 N–H and O–H groups in total. The lowest BCUT2D eigenvalue weighted by atomic mass is 10.1. The first-order valence-corrected chi connectivity index (χ1v) is 11.7. The van der Waals surface area contributed by atoms with Crippen LogP contribution in [-0.2, 0) is 11.2 Å². The lowest BCUT2D eigenvalue weighted by Crippen LogP contribution is -2.45. The molecule has 2 aromatic rings. The van der Waals surface area contributed by atoms with Crippen molar-refractivity contribution < 1.29 is 9.59 Å². The minimum Gasteiger partial charge on any atom is -0.340 e. The Labute approximate surface area is 180 Å². The van der Waals surface area contributed by atoms with Crippen molar-refractivity contribution in [1.82, 2.24) is 9.21 Å². The fourth-order valence-electron chi connectivity index (χ4n) is 3.58. The van der Waals surface area contributed by atoms with Crippen LogP contribution in [0, 0.1) is 0 Å². The molecule has 29 heavy (non-hydrogen) atoms. The molecule has 7 heteroatoms. The van der Waals surface area contributed by atoms with E-state index in [2.05, 4.69) is 15.7 Å². The quantitative estimate of drug-likeness (QED) is 0.743. The van der Waals surface area contributed by atoms with Gasteiger partial charge in [-0.1, -0.05) is 6.07 Å². The average Bonchev–Trinajstić information content (AvgIpc) is 2.74. The standard InChI is InChI=1S/C22H25N3O2S2/c1-16(26)24-9-11-25(12-10-24)29-20-6-2-5-19(15-20)23-22(27)18-7-8-21-17(14-18)4-3-13-28-21/h2,5-8,14-15H,3-4,9-13H2,1H3,(H,23,27). The van der Waals surface area contributed by atoms with Crippen molar-refractivity contribution in [3.05, 3.63) is 53.6 Å². The number of rotatable bonds is 4. The van der Waals surface area contributed by atoms with Gasteiger partial charge in [0.25, 0.3) is 5.91 Å². The van der Waals surface area contributed by atoms with E-state index in [1.807, 2.05) is 53.1 Å². The zero-order chi connectivity index (χ0) is 20.2. The number of aryl methyl sites for hydroxylation is 1. The molecule has 2 aliphatic rings. The Morgan fingerprint density at radius 2 is 1.90 bits per heavy atom. The molecule has 0 aliphatic carbocycles. The predicted molar refractivity (Wildman–Crippen MR) is 120 cm³/mol. The van der Waals surface area contributed by atoms with E-state index in [0.717, 1.165) is 48.9 Å². The Bertz CT molecular complexity index is 911. The number of nitrogens with zero attached hydrogens (tertiary/aromatic N) is 2. The second-order valence-electron chi connectivity index (χ2n) is 7.28. The van der Waals surface area contributed by atoms with E-state index >= 15 is 0 Å². The summed E-state index contributed by atoms with van der Waals surface area (Å²) in [4.78, 5) is 28.5. The largest absolute Gasteiger partial charge is 0.340 e. The van der Waals surface area contributed by atoms with E-state index in [4.69, 9.17) is 0 Å². The van der Waals surface area contributed by atoms with Crippen LogP contribution in [0.25, 0.3) is 0 Å². The number of hydrogen-bond donors (Lipinski definition) is 1. The SMILES string of the molecule is CC(=O)N1CCN(Sc2cccc(NC(=O)c3ccc4c(c3)CCCS4)c2)CC1. The van der Waals surface area contributed by atoms with E-state index < -0.39 is 0 Å². The van der Waals surface area contributed by atoms with Gasteiger partial charge in [-0.25, -0.2) is 4.31 Å². The number of thioether (sulfide) groups is 1. The molecular formula is C22H25N3O2S2. The number of carbonyl (C=O) groups is 2. The number of anilines is 1. The summed E-state index contributed by atoms with van der Waals surface area (Å²) in [5.41, 5.74) is 2.79. The van der Waals surface area contributed by atoms with Crippen LogP contribution < -0.4 is 5.32 Å². The second-order valence-corrected chi connectivity index (χ2v) is 9.59. The van der Waals surface area contributed by atoms with Crippen molar-refractivity contribution in [3.63, 3.8) is 0 Å². The normalized spacial score (nSPS) is 16.9. The van der Waals surface area contributed by atoms with Crippen LogP contribution in [0.2, 0.25) is 0 Å². The molecule has 2 heterocycles. The molecule has 1 fully saturated rings. The molecule has 4 rings (SSSR count). The molecule has 0 atom stereocenters. The van der Waals surface area contributed by atoms with Crippen LogP contribution in [0.4, 0.5) is 5.69 Å². The lowest BCUT2D eigenvalue weighted by molar-refractivity contribution is -0.129. The monoisotopic (exact) mass is 427 g/mol. The Balaban J connectivity index is 1.37. The minimum absolute atomic E-state index is 0.0689. The van der Waals surface area contributed by atoms with Crippen molar-refractivity contribution in [2.24, 2.45) is 0 Å². The van der Waals surface area contributed by atoms with Gasteiger partial charge in [0.15, 0.2) is 0 Å². The van der Waals surface area contributed by atoms with Gasteiger partial charge >= 0.3 is 0 Å². The highest BCUT2D eigenvalue weighted by molar-refractivity contribution is 7.99. The molecule has 1 saturated heterocycles. The van der Waals surface area contributed by atoms with Gasteiger partial charge in [-0.3, -0.25) is 9.59 Å². The molecular weight excluding hydrogens is 402 g/mol. The number of piperazine rings is 1. The van der Waals surface area contributed by atoms with E-state index in [-0.39, 0.29) is 11.8 Å². The van der Waals surface area contributed by atoms with Gasteiger partial charge in [0.2, 0.25) is 5.91 Å². The zero-order valence-corrected chi connectivity index (χ0v) is 18.2. The maximum absolute atomic E-state index is 12.7. The first-order valence-electron chi connectivity index (χ1n) is 9.94. The molecule has 0 spiro atoms. The van der Waals surface area contributed by atoms with E-state index in [9.17, 15) is 9.59 Å². The number of fused-ring (bicyclic) bond motifs is 1. The number of amides is 2. The maximum Gasteiger partial charge on any atom is 0.255 e. The summed E-state index contributed by atoms with van der Waals surface area (Å²) in [5.74, 6) is 1.23. The summed E-state index contributed by atoms with van der Waals surface area (Å²) in [6, 6.07) is 14.0. The Morgan fingerprint density at radius 1 is 1.07 bits per heavy atom. The van der Waals surface area contributed by atoms with Crippen molar-refractivity contribution in [2.45, 2.75) is 29.6 Å². The third kappa shape index (κ3) is 5.15. The van der Waals surface area contributed by atoms with Crippen LogP contribution in [-0.4, -0.2) is 53.0 Å². The topological polar surface area (TPSA) is 52.7 Å². The van der Waals surface area contributed by atoms with Crippen LogP contribution in [0.15, 0.2) is 52.3 Å². The van der Waals surface area contributed by atoms with E-state index in [0.29, 0.717) is 5.56 Å². The lowest BCUT2D eigenvalue weighted by Gasteiger charge is -2.33. The van der Waals surface area contributed by atoms with E-state index in [1.54, 1.807) is 18.9 Å². The van der Waals surface area contributed by atoms with Crippen LogP contribution >= 0.6 is 23.7 Å². The summed E-state index contributed by atoms with van der Waals surface area (Å²) in [7, 11) is 0. The van der Waals surface area contributed by atoms with Gasteiger partial charge < -0.3 is 10.2 Å². The van der Waals surface area contributed by atoms with Gasteiger partial charge in [0.1, 0.15) is 0 Å². The number of benzene rings is 2. The third-order valence-corrected chi connectivity index (χ3v) is 7.47. The Morgan fingerprint density at radius 3 is 2.69 bits per heavy atom. The fourth-order valence-corrected chi connectivity index (χ4v) is 5.56. The maximum atomic E-state index is 12.7. The van der Waals surface area contributed by atoms with Crippen LogP contribution in [0.3, 0.4) is 0 Å². The smallest absolute Gasteiger partial charge is 0.255 e. The Kier molecular flexibility index (Phi) is 6.47. The summed E-state index contributed by atoms with van der Waals surface area (Å²) < 4.78 is 2.27. The number of nitrogens with one attached hydrogen (secondary N) is 1. The van der Waals surface area contributed by atoms with Gasteiger partial charge in [0.05, 0.1) is 0 Å². The summed E-state index contributed by atoms with van der Waals surface area (Å²) in [6.07, 6.45) is 2.22. The first kappa shape index (κ1) is 20.3. The molecule has 2 aliphatic heterocycles. The molecule has 2 amide bonds. The molecule has 152 valence electrons. The molecule has 0 radical (unpaired) electrons. The molecule has 0 aromatic heterocycles. The first-order chi connectivity index (χ1) is 14.1. The number of carbonyl (C=O) groups excluding carboxylic acids is 2. The van der Waals surface area contributed by atoms with Gasteiger partial charge in [-0.05, 0) is 72.5 Å². The number of hydrogen-bond acceptors (Lipinski definition) is 5. The van der Waals surface area contributed by atoms with Gasteiger partial charge in [-0.15, -0.1) is 11.8 Å². The Hall–Kier alpha value is -1.96. The van der Waals surface area contributed by atoms with Crippen molar-refractivity contribution >= 4 is 41.2 Å². The van der Waals surface area contributed by atoms with Crippen molar-refractivity contribution in [3.8, 4) is 0 Å². The molecule has 0 saturated carbocycles. The van der Waals surface area contributed by atoms with Crippen LogP contribution in [0.1, 0.15) is 29.3 Å². The second kappa shape index (κ2) is 9.24. The molecule has 0 bridgehead atoms. The van der Waals surface area contributed by atoms with Crippen LogP contribution in [0.5, 0.6) is 0 Å². The van der Waals surface area contributed by atoms with E-state index in [1.165, 1.54) is 16.9 Å². The third-order valence-electron chi connectivity index (χ3n) is 5.18. The molecule has 0 unspecified atom stereocenters. The highest BCUT2D eigenvalue weighted by Crippen LogP contribution is 2.31. The predicted octanol–water partition coefficient (Wildman–Crippen LogP) is 4.15. The molecule has 2 aromatic carbocycles. The molecule has 5 nitrogen and oxygen atoms in total. The van der Waals surface area contributed by atoms with Gasteiger partial charge in [0, 0.05) is 54.1 Å². The highest BCUT2D eigenvalue weighted by atomic mass is 32.2. The highest BCUT2D eigenvalue weighted by Gasteiger charge is 2.19. The zero-order valence-electron chi connectivity index (χ0n) is 16.5.